The van der Waals surface area contributed by atoms with Crippen molar-refractivity contribution in [3.8, 4) is 0 Å². The van der Waals surface area contributed by atoms with E-state index in [4.69, 9.17) is 28.9 Å². The molecule has 0 spiro atoms. The van der Waals surface area contributed by atoms with Crippen molar-refractivity contribution in [2.75, 3.05) is 18.8 Å². The number of hydrogen-bond donors (Lipinski definition) is 4. The summed E-state index contributed by atoms with van der Waals surface area (Å²) in [5.74, 6) is 0.786. The van der Waals surface area contributed by atoms with E-state index in [1.165, 1.54) is 0 Å². The predicted molar refractivity (Wildman–Crippen MR) is 106 cm³/mol. The van der Waals surface area contributed by atoms with Crippen molar-refractivity contribution < 1.29 is 4.79 Å². The molecule has 136 valence electrons. The summed E-state index contributed by atoms with van der Waals surface area (Å²) in [5, 5.41) is 7.46. The first-order valence-corrected chi connectivity index (χ1v) is 9.59. The Morgan fingerprint density at radius 2 is 2.08 bits per heavy atom. The van der Waals surface area contributed by atoms with Gasteiger partial charge < -0.3 is 16.4 Å². The van der Waals surface area contributed by atoms with Crippen molar-refractivity contribution >= 4 is 41.7 Å². The lowest BCUT2D eigenvalue weighted by Gasteiger charge is -2.25. The SMILES string of the molecule is CC[C@H](C)[C@@H](NCC(N)CS)C(=O)NCCc1ccc(Cl)cc1Cl. The number of amides is 1. The van der Waals surface area contributed by atoms with E-state index in [0.717, 1.165) is 12.0 Å². The van der Waals surface area contributed by atoms with Crippen LogP contribution in [0.15, 0.2) is 18.2 Å². The van der Waals surface area contributed by atoms with E-state index in [0.29, 0.717) is 35.3 Å². The molecule has 0 aromatic heterocycles. The number of thiol groups is 1. The van der Waals surface area contributed by atoms with Gasteiger partial charge in [0.2, 0.25) is 5.91 Å². The molecule has 0 saturated heterocycles. The summed E-state index contributed by atoms with van der Waals surface area (Å²) in [6.45, 7) is 5.21. The van der Waals surface area contributed by atoms with Gasteiger partial charge in [0.15, 0.2) is 0 Å². The molecule has 0 saturated carbocycles. The minimum atomic E-state index is -0.262. The van der Waals surface area contributed by atoms with Crippen molar-refractivity contribution in [2.24, 2.45) is 11.7 Å². The molecule has 1 aromatic carbocycles. The lowest BCUT2D eigenvalue weighted by Crippen LogP contribution is -2.51. The molecule has 0 aliphatic heterocycles. The summed E-state index contributed by atoms with van der Waals surface area (Å²) in [4.78, 5) is 12.5. The molecular formula is C17H27Cl2N3OS. The Bertz CT molecular complexity index is 531. The molecule has 0 bridgehead atoms. The van der Waals surface area contributed by atoms with Crippen molar-refractivity contribution in [1.29, 1.82) is 0 Å². The molecule has 4 nitrogen and oxygen atoms in total. The second-order valence-corrected chi connectivity index (χ2v) is 7.20. The van der Waals surface area contributed by atoms with E-state index >= 15 is 0 Å². The topological polar surface area (TPSA) is 67.1 Å². The Balaban J connectivity index is 2.54. The molecule has 0 aliphatic carbocycles. The highest BCUT2D eigenvalue weighted by molar-refractivity contribution is 7.80. The maximum Gasteiger partial charge on any atom is 0.237 e. The standard InChI is InChI=1S/C17H27Cl2N3OS/c1-3-11(2)16(22-9-14(20)10-24)17(23)21-7-6-12-4-5-13(18)8-15(12)19/h4-5,8,11,14,16,22,24H,3,6-7,9-10,20H2,1-2H3,(H,21,23)/t11-,14?,16+/m0/s1. The van der Waals surface area contributed by atoms with E-state index in [-0.39, 0.29) is 23.9 Å². The summed E-state index contributed by atoms with van der Waals surface area (Å²) in [5.41, 5.74) is 6.84. The van der Waals surface area contributed by atoms with Crippen molar-refractivity contribution in [3.05, 3.63) is 33.8 Å². The summed E-state index contributed by atoms with van der Waals surface area (Å²) in [7, 11) is 0. The van der Waals surface area contributed by atoms with Crippen molar-refractivity contribution in [1.82, 2.24) is 10.6 Å². The molecule has 0 radical (unpaired) electrons. The van der Waals surface area contributed by atoms with E-state index < -0.39 is 0 Å². The zero-order valence-electron chi connectivity index (χ0n) is 14.2. The number of rotatable bonds is 10. The normalized spacial score (nSPS) is 14.9. The van der Waals surface area contributed by atoms with Crippen LogP contribution < -0.4 is 16.4 Å². The van der Waals surface area contributed by atoms with Gasteiger partial charge in [0.1, 0.15) is 0 Å². The Labute approximate surface area is 160 Å². The Hall–Kier alpha value is -0.460. The van der Waals surface area contributed by atoms with Gasteiger partial charge in [0, 0.05) is 34.9 Å². The van der Waals surface area contributed by atoms with Crippen LogP contribution >= 0.6 is 35.8 Å². The fourth-order valence-electron chi connectivity index (χ4n) is 2.29. The van der Waals surface area contributed by atoms with E-state index in [1.807, 2.05) is 6.07 Å². The number of hydrogen-bond acceptors (Lipinski definition) is 4. The molecule has 0 aliphatic rings. The summed E-state index contributed by atoms with van der Waals surface area (Å²) < 4.78 is 0. The van der Waals surface area contributed by atoms with Crippen LogP contribution in [-0.4, -0.2) is 36.8 Å². The van der Waals surface area contributed by atoms with Gasteiger partial charge in [-0.25, -0.2) is 0 Å². The van der Waals surface area contributed by atoms with Gasteiger partial charge in [-0.05, 0) is 30.0 Å². The first kappa shape index (κ1) is 21.6. The van der Waals surface area contributed by atoms with Crippen LogP contribution in [0.5, 0.6) is 0 Å². The molecule has 1 unspecified atom stereocenters. The monoisotopic (exact) mass is 391 g/mol. The first-order chi connectivity index (χ1) is 11.4. The largest absolute Gasteiger partial charge is 0.354 e. The number of nitrogens with one attached hydrogen (secondary N) is 2. The van der Waals surface area contributed by atoms with Crippen LogP contribution in [0.1, 0.15) is 25.8 Å². The fraction of sp³-hybridized carbons (Fsp3) is 0.588. The van der Waals surface area contributed by atoms with E-state index in [1.54, 1.807) is 12.1 Å². The van der Waals surface area contributed by atoms with Gasteiger partial charge in [-0.3, -0.25) is 4.79 Å². The zero-order chi connectivity index (χ0) is 18.1. The lowest BCUT2D eigenvalue weighted by atomic mass is 9.98. The third kappa shape index (κ3) is 7.19. The summed E-state index contributed by atoms with van der Waals surface area (Å²) >= 11 is 16.2. The Kier molecular flexibility index (Phi) is 10.1. The lowest BCUT2D eigenvalue weighted by molar-refractivity contribution is -0.124. The van der Waals surface area contributed by atoms with Crippen LogP contribution in [0.2, 0.25) is 10.0 Å². The number of carbonyl (C=O) groups excluding carboxylic acids is 1. The average molecular weight is 392 g/mol. The van der Waals surface area contributed by atoms with Gasteiger partial charge in [0.25, 0.3) is 0 Å². The molecule has 1 amide bonds. The molecule has 0 heterocycles. The second kappa shape index (κ2) is 11.2. The van der Waals surface area contributed by atoms with Crippen LogP contribution in [0.4, 0.5) is 0 Å². The molecule has 1 aromatic rings. The fourth-order valence-corrected chi connectivity index (χ4v) is 2.92. The predicted octanol–water partition coefficient (Wildman–Crippen LogP) is 2.91. The van der Waals surface area contributed by atoms with E-state index in [2.05, 4.69) is 37.1 Å². The number of nitrogens with two attached hydrogens (primary N) is 1. The molecule has 0 fully saturated rings. The van der Waals surface area contributed by atoms with Crippen molar-refractivity contribution in [2.45, 2.75) is 38.8 Å². The van der Waals surface area contributed by atoms with Gasteiger partial charge >= 0.3 is 0 Å². The molecule has 3 atom stereocenters. The zero-order valence-corrected chi connectivity index (χ0v) is 16.6. The summed E-state index contributed by atoms with van der Waals surface area (Å²) in [6, 6.07) is 5.06. The highest BCUT2D eigenvalue weighted by atomic mass is 35.5. The minimum Gasteiger partial charge on any atom is -0.354 e. The molecule has 1 rings (SSSR count). The Morgan fingerprint density at radius 3 is 2.67 bits per heavy atom. The van der Waals surface area contributed by atoms with Crippen LogP contribution in [0.25, 0.3) is 0 Å². The summed E-state index contributed by atoms with van der Waals surface area (Å²) in [6.07, 6.45) is 1.56. The molecule has 24 heavy (non-hydrogen) atoms. The molecule has 4 N–H and O–H groups in total. The number of carbonyl (C=O) groups is 1. The van der Waals surface area contributed by atoms with Gasteiger partial charge in [-0.1, -0.05) is 49.5 Å². The highest BCUT2D eigenvalue weighted by Crippen LogP contribution is 2.21. The number of halogens is 2. The quantitative estimate of drug-likeness (QED) is 0.463. The van der Waals surface area contributed by atoms with E-state index in [9.17, 15) is 4.79 Å². The number of benzene rings is 1. The molecule has 7 heteroatoms. The average Bonchev–Trinajstić information content (AvgIpc) is 2.56. The maximum atomic E-state index is 12.5. The van der Waals surface area contributed by atoms with Crippen LogP contribution in [0, 0.1) is 5.92 Å². The van der Waals surface area contributed by atoms with Gasteiger partial charge in [-0.2, -0.15) is 12.6 Å². The molecular weight excluding hydrogens is 365 g/mol. The van der Waals surface area contributed by atoms with Crippen molar-refractivity contribution in [3.63, 3.8) is 0 Å². The Morgan fingerprint density at radius 1 is 1.38 bits per heavy atom. The first-order valence-electron chi connectivity index (χ1n) is 8.20. The minimum absolute atomic E-state index is 0.0131. The smallest absolute Gasteiger partial charge is 0.237 e. The maximum absolute atomic E-state index is 12.5. The third-order valence-electron chi connectivity index (χ3n) is 4.04. The van der Waals surface area contributed by atoms with Crippen LogP contribution in [-0.2, 0) is 11.2 Å². The third-order valence-corrected chi connectivity index (χ3v) is 5.09. The van der Waals surface area contributed by atoms with Crippen LogP contribution in [0.3, 0.4) is 0 Å². The van der Waals surface area contributed by atoms with Gasteiger partial charge in [-0.15, -0.1) is 0 Å². The highest BCUT2D eigenvalue weighted by Gasteiger charge is 2.23. The van der Waals surface area contributed by atoms with Gasteiger partial charge in [0.05, 0.1) is 6.04 Å². The second-order valence-electron chi connectivity index (χ2n) is 5.99.